The van der Waals surface area contributed by atoms with Crippen LogP contribution in [-0.4, -0.2) is 77.5 Å². The van der Waals surface area contributed by atoms with Gasteiger partial charge in [-0.1, -0.05) is 19.9 Å². The van der Waals surface area contributed by atoms with Crippen molar-refractivity contribution in [3.63, 3.8) is 0 Å². The third-order valence-corrected chi connectivity index (χ3v) is 6.63. The average Bonchev–Trinajstić information content (AvgIpc) is 3.49. The largest absolute Gasteiger partial charge is 0.496 e. The Morgan fingerprint density at radius 1 is 1.26 bits per heavy atom. The molecule has 2 heterocycles. The molecule has 1 aromatic carbocycles. The van der Waals surface area contributed by atoms with E-state index >= 15 is 0 Å². The second-order valence-corrected chi connectivity index (χ2v) is 9.94. The number of aliphatic hydroxyl groups is 1. The van der Waals surface area contributed by atoms with Crippen LogP contribution in [0.5, 0.6) is 5.75 Å². The van der Waals surface area contributed by atoms with Crippen LogP contribution in [0, 0.1) is 23.2 Å². The fourth-order valence-corrected chi connectivity index (χ4v) is 4.72. The molecular formula is C26H36N6O6. The number of hydrogen-bond donors (Lipinski definition) is 7. The van der Waals surface area contributed by atoms with Crippen molar-refractivity contribution in [2.75, 3.05) is 20.2 Å². The number of nitriles is 1. The number of rotatable bonds is 13. The highest BCUT2D eigenvalue weighted by molar-refractivity contribution is 6.01. The smallest absolute Gasteiger partial charge is 0.317 e. The van der Waals surface area contributed by atoms with Crippen LogP contribution in [0.3, 0.4) is 0 Å². The topological polar surface area (TPSA) is 189 Å². The zero-order valence-corrected chi connectivity index (χ0v) is 21.8. The van der Waals surface area contributed by atoms with Crippen molar-refractivity contribution >= 4 is 28.7 Å². The van der Waals surface area contributed by atoms with Crippen LogP contribution in [0.2, 0.25) is 0 Å². The van der Waals surface area contributed by atoms with Crippen LogP contribution in [-0.2, 0) is 9.59 Å². The molecule has 0 bridgehead atoms. The van der Waals surface area contributed by atoms with Gasteiger partial charge in [0.25, 0.3) is 5.91 Å². The first kappa shape index (κ1) is 28.9. The number of H-pyrrole nitrogens is 1. The number of methoxy groups -OCH3 is 1. The van der Waals surface area contributed by atoms with Crippen LogP contribution < -0.4 is 26.0 Å². The number of benzene rings is 1. The van der Waals surface area contributed by atoms with Crippen LogP contribution in [0.1, 0.15) is 43.6 Å². The molecule has 0 radical (unpaired) electrons. The summed E-state index contributed by atoms with van der Waals surface area (Å²) < 4.78 is 5.36. The van der Waals surface area contributed by atoms with E-state index in [2.05, 4.69) is 26.3 Å². The van der Waals surface area contributed by atoms with E-state index < -0.39 is 48.7 Å². The summed E-state index contributed by atoms with van der Waals surface area (Å²) in [6.45, 7) is 3.97. The first-order valence-corrected chi connectivity index (χ1v) is 12.7. The maximum absolute atomic E-state index is 13.5. The minimum atomic E-state index is -1.14. The number of aliphatic carboxylic acids is 1. The number of nitrogens with zero attached hydrogens (tertiary/aromatic N) is 1. The molecule has 2 unspecified atom stereocenters. The first-order valence-electron chi connectivity index (χ1n) is 12.7. The number of aliphatic hydroxyl groups excluding tert-OH is 1. The fraction of sp³-hybridized carbons (Fsp3) is 0.538. The Morgan fingerprint density at radius 2 is 2.03 bits per heavy atom. The molecule has 1 aliphatic rings. The Balaban J connectivity index is 1.79. The van der Waals surface area contributed by atoms with E-state index in [4.69, 9.17) is 9.84 Å². The Hall–Kier alpha value is -3.66. The van der Waals surface area contributed by atoms with Gasteiger partial charge in [-0.15, -0.1) is 0 Å². The standard InChI is InChI=1S/C26H36N6O6/c1-14(2)9-19(32-26(37)20-11-16-17(30-20)5-4-6-22(16)38-3)25(36)31-18(10-15-7-8-28-24(15)35)21(12-27)29-13-23(33)34/h4-6,11,14-15,18-19,21,24,28-30,35H,7-10,13H2,1-3H3,(H,31,36)(H,32,37)(H,33,34)/t15-,18-,19-,21?,24?/m0/s1. The van der Waals surface area contributed by atoms with Crippen LogP contribution in [0.15, 0.2) is 24.3 Å². The van der Waals surface area contributed by atoms with Crippen LogP contribution >= 0.6 is 0 Å². The SMILES string of the molecule is COc1cccc2[nH]c(C(=O)N[C@@H](CC(C)C)C(=O)N[C@@H](C[C@@H]3CCNC3O)C(C#N)NCC(=O)O)cc12. The molecule has 1 aromatic heterocycles. The maximum atomic E-state index is 13.5. The van der Waals surface area contributed by atoms with Gasteiger partial charge in [0.2, 0.25) is 5.91 Å². The lowest BCUT2D eigenvalue weighted by molar-refractivity contribution is -0.136. The molecule has 1 fully saturated rings. The van der Waals surface area contributed by atoms with Crippen molar-refractivity contribution in [1.29, 1.82) is 5.26 Å². The van der Waals surface area contributed by atoms with Gasteiger partial charge in [0, 0.05) is 16.8 Å². The normalized spacial score (nSPS) is 19.5. The van der Waals surface area contributed by atoms with Crippen molar-refractivity contribution in [2.45, 2.75) is 57.5 Å². The predicted molar refractivity (Wildman–Crippen MR) is 139 cm³/mol. The van der Waals surface area contributed by atoms with E-state index in [1.54, 1.807) is 25.3 Å². The molecule has 1 saturated heterocycles. The molecule has 3 rings (SSSR count). The lowest BCUT2D eigenvalue weighted by Gasteiger charge is -2.29. The van der Waals surface area contributed by atoms with E-state index in [0.29, 0.717) is 30.7 Å². The van der Waals surface area contributed by atoms with Gasteiger partial charge >= 0.3 is 5.97 Å². The number of carbonyl (C=O) groups is 3. The number of aromatic nitrogens is 1. The minimum Gasteiger partial charge on any atom is -0.496 e. The predicted octanol–water partition coefficient (Wildman–Crippen LogP) is 0.690. The van der Waals surface area contributed by atoms with E-state index in [1.165, 1.54) is 0 Å². The van der Waals surface area contributed by atoms with Gasteiger partial charge < -0.3 is 30.6 Å². The number of aromatic amines is 1. The highest BCUT2D eigenvalue weighted by Gasteiger charge is 2.34. The fourth-order valence-electron chi connectivity index (χ4n) is 4.72. The van der Waals surface area contributed by atoms with E-state index in [9.17, 15) is 24.8 Å². The number of carboxylic acid groups (broad SMARTS) is 1. The monoisotopic (exact) mass is 528 g/mol. The van der Waals surface area contributed by atoms with Crippen LogP contribution in [0.4, 0.5) is 0 Å². The molecule has 206 valence electrons. The molecule has 0 saturated carbocycles. The third-order valence-electron chi connectivity index (χ3n) is 6.63. The number of hydrogen-bond acceptors (Lipinski definition) is 8. The van der Waals surface area contributed by atoms with E-state index in [-0.39, 0.29) is 24.0 Å². The summed E-state index contributed by atoms with van der Waals surface area (Å²) in [7, 11) is 1.54. The number of amides is 2. The van der Waals surface area contributed by atoms with Gasteiger partial charge in [-0.2, -0.15) is 5.26 Å². The molecule has 2 amide bonds. The zero-order chi connectivity index (χ0) is 27.8. The Kier molecular flexibility index (Phi) is 10.1. The first-order chi connectivity index (χ1) is 18.1. The summed E-state index contributed by atoms with van der Waals surface area (Å²) in [5, 5.41) is 41.0. The van der Waals surface area contributed by atoms with Gasteiger partial charge in [-0.25, -0.2) is 0 Å². The highest BCUT2D eigenvalue weighted by Crippen LogP contribution is 2.26. The Bertz CT molecular complexity index is 1170. The minimum absolute atomic E-state index is 0.0602. The second kappa shape index (κ2) is 13.2. The van der Waals surface area contributed by atoms with Crippen molar-refractivity contribution in [2.24, 2.45) is 11.8 Å². The van der Waals surface area contributed by atoms with Gasteiger partial charge in [0.15, 0.2) is 0 Å². The Morgan fingerprint density at radius 3 is 2.63 bits per heavy atom. The lowest BCUT2D eigenvalue weighted by atomic mass is 9.92. The molecule has 0 spiro atoms. The summed E-state index contributed by atoms with van der Waals surface area (Å²) in [6.07, 6.45) is 0.426. The molecule has 2 aromatic rings. The summed E-state index contributed by atoms with van der Waals surface area (Å²) in [5.41, 5.74) is 0.977. The van der Waals surface area contributed by atoms with Gasteiger partial charge in [0.1, 0.15) is 29.8 Å². The van der Waals surface area contributed by atoms with Crippen molar-refractivity contribution in [1.82, 2.24) is 26.3 Å². The molecule has 1 aliphatic heterocycles. The summed E-state index contributed by atoms with van der Waals surface area (Å²) >= 11 is 0. The Labute approximate surface area is 221 Å². The number of carboxylic acids is 1. The average molecular weight is 529 g/mol. The molecule has 5 atom stereocenters. The number of fused-ring (bicyclic) bond motifs is 1. The molecule has 12 nitrogen and oxygen atoms in total. The van der Waals surface area contributed by atoms with Crippen molar-refractivity contribution < 1.29 is 29.3 Å². The summed E-state index contributed by atoms with van der Waals surface area (Å²) in [5.74, 6) is -1.68. The summed E-state index contributed by atoms with van der Waals surface area (Å²) in [6, 6.07) is 6.37. The molecule has 7 N–H and O–H groups in total. The van der Waals surface area contributed by atoms with Gasteiger partial charge in [-0.3, -0.25) is 25.0 Å². The molecular weight excluding hydrogens is 492 g/mol. The number of nitrogens with one attached hydrogen (secondary N) is 5. The third kappa shape index (κ3) is 7.44. The summed E-state index contributed by atoms with van der Waals surface area (Å²) in [4.78, 5) is 40.7. The van der Waals surface area contributed by atoms with E-state index in [0.717, 1.165) is 5.39 Å². The number of ether oxygens (including phenoxy) is 1. The zero-order valence-electron chi connectivity index (χ0n) is 21.8. The van der Waals surface area contributed by atoms with Crippen molar-refractivity contribution in [3.05, 3.63) is 30.0 Å². The second-order valence-electron chi connectivity index (χ2n) is 9.94. The van der Waals surface area contributed by atoms with Gasteiger partial charge in [-0.05, 0) is 49.9 Å². The molecule has 12 heteroatoms. The molecule has 0 aliphatic carbocycles. The molecule has 38 heavy (non-hydrogen) atoms. The van der Waals surface area contributed by atoms with Crippen molar-refractivity contribution in [3.8, 4) is 11.8 Å². The lowest BCUT2D eigenvalue weighted by Crippen LogP contribution is -2.56. The van der Waals surface area contributed by atoms with Crippen LogP contribution in [0.25, 0.3) is 10.9 Å². The van der Waals surface area contributed by atoms with E-state index in [1.807, 2.05) is 26.0 Å². The quantitative estimate of drug-likeness (QED) is 0.196. The maximum Gasteiger partial charge on any atom is 0.317 e. The van der Waals surface area contributed by atoms with Gasteiger partial charge in [0.05, 0.1) is 25.8 Å². The number of carbonyl (C=O) groups excluding carboxylic acids is 2. The highest BCUT2D eigenvalue weighted by atomic mass is 16.5.